The van der Waals surface area contributed by atoms with Crippen LogP contribution < -0.4 is 9.80 Å². The van der Waals surface area contributed by atoms with Crippen molar-refractivity contribution in [2.24, 2.45) is 0 Å². The Kier molecular flexibility index (Phi) is 6.64. The number of nitrogens with zero attached hydrogens (tertiary/aromatic N) is 2. The molecule has 43 heavy (non-hydrogen) atoms. The summed E-state index contributed by atoms with van der Waals surface area (Å²) in [7, 11) is 0. The first-order valence-corrected chi connectivity index (χ1v) is 14.6. The third-order valence-corrected chi connectivity index (χ3v) is 8.10. The molecule has 1 aliphatic rings. The van der Waals surface area contributed by atoms with Gasteiger partial charge < -0.3 is 9.80 Å². The van der Waals surface area contributed by atoms with Crippen LogP contribution in [0.3, 0.4) is 0 Å². The molecule has 0 bridgehead atoms. The molecule has 0 spiro atoms. The molecule has 0 saturated carbocycles. The first-order valence-electron chi connectivity index (χ1n) is 14.6. The van der Waals surface area contributed by atoms with E-state index >= 15 is 0 Å². The summed E-state index contributed by atoms with van der Waals surface area (Å²) < 4.78 is 0. The van der Waals surface area contributed by atoms with Crippen molar-refractivity contribution in [1.29, 1.82) is 0 Å². The van der Waals surface area contributed by atoms with Gasteiger partial charge in [0.2, 0.25) is 0 Å². The molecule has 208 valence electrons. The van der Waals surface area contributed by atoms with Crippen LogP contribution in [0.4, 0.5) is 34.1 Å². The molecule has 3 nitrogen and oxygen atoms in total. The average Bonchev–Trinajstić information content (AvgIpc) is 3.29. The van der Waals surface area contributed by atoms with E-state index in [2.05, 4.69) is 146 Å². The van der Waals surface area contributed by atoms with Gasteiger partial charge in [0.1, 0.15) is 0 Å². The monoisotopic (exact) mass is 556 g/mol. The maximum atomic E-state index is 14.1. The molecule has 0 unspecified atom stereocenters. The second-order valence-corrected chi connectivity index (χ2v) is 11.3. The molecule has 7 rings (SSSR count). The maximum absolute atomic E-state index is 14.1. The standard InChI is InChI=1S/C40H32N2O/c1-27-10-7-15-31(22-27)41(30-13-5-4-6-14-30)34-18-20-36-37-21-19-35(26-39(37)40(43)38(36)25-34)42(32-16-8-11-28(2)23-32)33-17-9-12-29(3)24-33/h4-26H,1-3H3. The third-order valence-electron chi connectivity index (χ3n) is 8.10. The summed E-state index contributed by atoms with van der Waals surface area (Å²) in [5.74, 6) is 0.0550. The van der Waals surface area contributed by atoms with E-state index in [1.165, 1.54) is 16.7 Å². The van der Waals surface area contributed by atoms with Gasteiger partial charge in [-0.3, -0.25) is 4.79 Å². The molecule has 0 fully saturated rings. The lowest BCUT2D eigenvalue weighted by Crippen LogP contribution is -2.11. The Bertz CT molecular complexity index is 1950. The fraction of sp³-hybridized carbons (Fsp3) is 0.0750. The number of carbonyl (C=O) groups excluding carboxylic acids is 1. The van der Waals surface area contributed by atoms with E-state index in [4.69, 9.17) is 0 Å². The highest BCUT2D eigenvalue weighted by molar-refractivity contribution is 6.22. The quantitative estimate of drug-likeness (QED) is 0.204. The van der Waals surface area contributed by atoms with Crippen LogP contribution in [0.5, 0.6) is 0 Å². The topological polar surface area (TPSA) is 23.6 Å². The summed E-state index contributed by atoms with van der Waals surface area (Å²) in [5, 5.41) is 0. The van der Waals surface area contributed by atoms with Crippen LogP contribution in [-0.4, -0.2) is 5.78 Å². The zero-order chi connectivity index (χ0) is 29.5. The highest BCUT2D eigenvalue weighted by Gasteiger charge is 2.29. The van der Waals surface area contributed by atoms with E-state index in [-0.39, 0.29) is 5.78 Å². The van der Waals surface area contributed by atoms with Gasteiger partial charge in [-0.1, -0.05) is 66.7 Å². The van der Waals surface area contributed by atoms with Gasteiger partial charge in [-0.15, -0.1) is 0 Å². The van der Waals surface area contributed by atoms with Crippen molar-refractivity contribution < 1.29 is 4.79 Å². The summed E-state index contributed by atoms with van der Waals surface area (Å²) in [6.45, 7) is 6.31. The lowest BCUT2D eigenvalue weighted by atomic mass is 10.0. The van der Waals surface area contributed by atoms with Gasteiger partial charge in [0.05, 0.1) is 0 Å². The predicted molar refractivity (Wildman–Crippen MR) is 179 cm³/mol. The molecule has 0 radical (unpaired) electrons. The molecule has 0 amide bonds. The van der Waals surface area contributed by atoms with Crippen LogP contribution in [0.1, 0.15) is 32.6 Å². The normalized spacial score (nSPS) is 11.7. The van der Waals surface area contributed by atoms with Gasteiger partial charge in [0, 0.05) is 45.3 Å². The van der Waals surface area contributed by atoms with Crippen LogP contribution in [0.25, 0.3) is 11.1 Å². The Morgan fingerprint density at radius 1 is 0.349 bits per heavy atom. The first-order chi connectivity index (χ1) is 21.0. The predicted octanol–water partition coefficient (Wildman–Crippen LogP) is 10.8. The van der Waals surface area contributed by atoms with Crippen LogP contribution >= 0.6 is 0 Å². The van der Waals surface area contributed by atoms with E-state index in [0.29, 0.717) is 0 Å². The molecule has 6 aromatic carbocycles. The number of rotatable bonds is 6. The largest absolute Gasteiger partial charge is 0.310 e. The van der Waals surface area contributed by atoms with Gasteiger partial charge in [-0.25, -0.2) is 0 Å². The molecule has 0 N–H and O–H groups in total. The Morgan fingerprint density at radius 3 is 1.14 bits per heavy atom. The van der Waals surface area contributed by atoms with Crippen LogP contribution in [0, 0.1) is 20.8 Å². The fourth-order valence-corrected chi connectivity index (χ4v) is 6.11. The molecular weight excluding hydrogens is 524 g/mol. The molecule has 0 aliphatic heterocycles. The lowest BCUT2D eigenvalue weighted by Gasteiger charge is -2.26. The molecular formula is C40H32N2O. The summed E-state index contributed by atoms with van der Waals surface area (Å²) in [4.78, 5) is 18.6. The second kappa shape index (κ2) is 10.8. The average molecular weight is 557 g/mol. The van der Waals surface area contributed by atoms with Gasteiger partial charge in [0.25, 0.3) is 0 Å². The third kappa shape index (κ3) is 4.89. The minimum atomic E-state index is 0.0550. The van der Waals surface area contributed by atoms with Gasteiger partial charge >= 0.3 is 0 Å². The number of carbonyl (C=O) groups is 1. The molecule has 1 aliphatic carbocycles. The second-order valence-electron chi connectivity index (χ2n) is 11.3. The highest BCUT2D eigenvalue weighted by Crippen LogP contribution is 2.44. The number of anilines is 6. The van der Waals surface area contributed by atoms with E-state index in [1.807, 2.05) is 24.3 Å². The van der Waals surface area contributed by atoms with Gasteiger partial charge in [-0.05, 0) is 121 Å². The highest BCUT2D eigenvalue weighted by atomic mass is 16.1. The Hall–Kier alpha value is -5.41. The van der Waals surface area contributed by atoms with Crippen molar-refractivity contribution in [3.63, 3.8) is 0 Å². The Labute approximate surface area is 253 Å². The number of aryl methyl sites for hydroxylation is 3. The van der Waals surface area contributed by atoms with Crippen molar-refractivity contribution in [3.05, 3.63) is 167 Å². The number of fused-ring (bicyclic) bond motifs is 3. The smallest absolute Gasteiger partial charge is 0.194 e. The first kappa shape index (κ1) is 26.5. The Morgan fingerprint density at radius 2 is 0.721 bits per heavy atom. The molecule has 0 atom stereocenters. The number of ketones is 1. The van der Waals surface area contributed by atoms with Crippen LogP contribution in [-0.2, 0) is 0 Å². The Balaban J connectivity index is 1.32. The number of hydrogen-bond donors (Lipinski definition) is 0. The summed E-state index contributed by atoms with van der Waals surface area (Å²) in [5.41, 5.74) is 13.1. The van der Waals surface area contributed by atoms with Crippen molar-refractivity contribution in [2.75, 3.05) is 9.80 Å². The fourth-order valence-electron chi connectivity index (χ4n) is 6.11. The van der Waals surface area contributed by atoms with Crippen LogP contribution in [0.2, 0.25) is 0 Å². The minimum Gasteiger partial charge on any atom is -0.310 e. The van der Waals surface area contributed by atoms with Crippen molar-refractivity contribution in [2.45, 2.75) is 20.8 Å². The molecule has 0 heterocycles. The zero-order valence-electron chi connectivity index (χ0n) is 24.6. The molecule has 0 saturated heterocycles. The number of hydrogen-bond acceptors (Lipinski definition) is 3. The lowest BCUT2D eigenvalue weighted by molar-refractivity contribution is 0.104. The van der Waals surface area contributed by atoms with Gasteiger partial charge in [0.15, 0.2) is 5.78 Å². The van der Waals surface area contributed by atoms with Gasteiger partial charge in [-0.2, -0.15) is 0 Å². The van der Waals surface area contributed by atoms with Crippen molar-refractivity contribution in [3.8, 4) is 11.1 Å². The summed E-state index contributed by atoms with van der Waals surface area (Å²) in [6, 6.07) is 48.3. The van der Waals surface area contributed by atoms with E-state index in [0.717, 1.165) is 56.4 Å². The summed E-state index contributed by atoms with van der Waals surface area (Å²) >= 11 is 0. The summed E-state index contributed by atoms with van der Waals surface area (Å²) in [6.07, 6.45) is 0. The molecule has 3 heteroatoms. The van der Waals surface area contributed by atoms with Crippen LogP contribution in [0.15, 0.2) is 140 Å². The van der Waals surface area contributed by atoms with Crippen molar-refractivity contribution in [1.82, 2.24) is 0 Å². The SMILES string of the molecule is Cc1cccc(N(c2ccccc2)c2ccc3c(c2)C(=O)c2cc(N(c4cccc(C)c4)c4cccc(C)c4)ccc2-3)c1. The number of benzene rings is 6. The maximum Gasteiger partial charge on any atom is 0.194 e. The number of para-hydroxylation sites is 1. The molecule has 6 aromatic rings. The minimum absolute atomic E-state index is 0.0550. The van der Waals surface area contributed by atoms with Crippen molar-refractivity contribution >= 4 is 39.9 Å². The zero-order valence-corrected chi connectivity index (χ0v) is 24.6. The van der Waals surface area contributed by atoms with E-state index < -0.39 is 0 Å². The molecule has 0 aromatic heterocycles. The van der Waals surface area contributed by atoms with E-state index in [9.17, 15) is 4.79 Å². The van der Waals surface area contributed by atoms with E-state index in [1.54, 1.807) is 0 Å².